The predicted octanol–water partition coefficient (Wildman–Crippen LogP) is 2.47. The van der Waals surface area contributed by atoms with Crippen LogP contribution < -0.4 is 5.73 Å². The smallest absolute Gasteiger partial charge is 0.00773 e. The first-order valence-corrected chi connectivity index (χ1v) is 4.27. The molecular formula is C9H19N. The highest BCUT2D eigenvalue weighted by molar-refractivity contribution is 4.79. The van der Waals surface area contributed by atoms with Crippen LogP contribution in [0.3, 0.4) is 0 Å². The van der Waals surface area contributed by atoms with E-state index in [2.05, 4.69) is 19.1 Å². The quantitative estimate of drug-likeness (QED) is 0.446. The van der Waals surface area contributed by atoms with Crippen LogP contribution in [0.15, 0.2) is 12.2 Å². The van der Waals surface area contributed by atoms with Gasteiger partial charge in [-0.3, -0.25) is 0 Å². The standard InChI is InChI=1S/C9H19N/c1-2-3-4-5-6-7-8-9-10/h3-4H,2,5-10H2,1H3/b4-3-. The van der Waals surface area contributed by atoms with Gasteiger partial charge in [0.2, 0.25) is 0 Å². The van der Waals surface area contributed by atoms with Gasteiger partial charge in [-0.2, -0.15) is 0 Å². The fourth-order valence-corrected chi connectivity index (χ4v) is 0.868. The van der Waals surface area contributed by atoms with E-state index in [0.717, 1.165) is 13.0 Å². The molecule has 60 valence electrons. The lowest BCUT2D eigenvalue weighted by Crippen LogP contribution is -1.97. The van der Waals surface area contributed by atoms with Gasteiger partial charge in [-0.15, -0.1) is 0 Å². The fraction of sp³-hybridized carbons (Fsp3) is 0.778. The monoisotopic (exact) mass is 141 g/mol. The van der Waals surface area contributed by atoms with Crippen LogP contribution >= 0.6 is 0 Å². The van der Waals surface area contributed by atoms with Crippen LogP contribution in [0.2, 0.25) is 0 Å². The van der Waals surface area contributed by atoms with E-state index in [9.17, 15) is 0 Å². The first kappa shape index (κ1) is 9.70. The van der Waals surface area contributed by atoms with E-state index in [-0.39, 0.29) is 0 Å². The molecule has 0 saturated carbocycles. The van der Waals surface area contributed by atoms with Crippen LogP contribution in [0, 0.1) is 0 Å². The molecular weight excluding hydrogens is 122 g/mol. The van der Waals surface area contributed by atoms with Crippen molar-refractivity contribution in [2.24, 2.45) is 5.73 Å². The summed E-state index contributed by atoms with van der Waals surface area (Å²) in [4.78, 5) is 0. The number of rotatable bonds is 6. The van der Waals surface area contributed by atoms with Gasteiger partial charge in [-0.25, -0.2) is 0 Å². The number of nitrogens with two attached hydrogens (primary N) is 1. The molecule has 1 nitrogen and oxygen atoms in total. The minimum Gasteiger partial charge on any atom is -0.330 e. The zero-order chi connectivity index (χ0) is 7.66. The lowest BCUT2D eigenvalue weighted by molar-refractivity contribution is 0.695. The molecule has 0 bridgehead atoms. The Kier molecular flexibility index (Phi) is 8.44. The van der Waals surface area contributed by atoms with Gasteiger partial charge in [-0.1, -0.05) is 25.5 Å². The number of hydrogen-bond donors (Lipinski definition) is 1. The summed E-state index contributed by atoms with van der Waals surface area (Å²) in [7, 11) is 0. The van der Waals surface area contributed by atoms with Crippen LogP contribution in [0.4, 0.5) is 0 Å². The molecule has 0 aromatic rings. The van der Waals surface area contributed by atoms with E-state index in [1.54, 1.807) is 0 Å². The summed E-state index contributed by atoms with van der Waals surface area (Å²) in [6.07, 6.45) is 10.6. The molecule has 0 amide bonds. The highest BCUT2D eigenvalue weighted by Crippen LogP contribution is 1.99. The Hall–Kier alpha value is -0.300. The molecule has 0 aromatic heterocycles. The summed E-state index contributed by atoms with van der Waals surface area (Å²) in [5.74, 6) is 0. The Morgan fingerprint density at radius 3 is 2.50 bits per heavy atom. The zero-order valence-corrected chi connectivity index (χ0v) is 6.97. The average Bonchev–Trinajstić information content (AvgIpc) is 1.97. The van der Waals surface area contributed by atoms with Crippen molar-refractivity contribution in [3.8, 4) is 0 Å². The molecule has 0 spiro atoms. The van der Waals surface area contributed by atoms with Gasteiger partial charge in [0.05, 0.1) is 0 Å². The van der Waals surface area contributed by atoms with E-state index in [4.69, 9.17) is 5.73 Å². The van der Waals surface area contributed by atoms with Crippen LogP contribution in [0.25, 0.3) is 0 Å². The third kappa shape index (κ3) is 7.70. The Bertz CT molecular complexity index is 76.8. The van der Waals surface area contributed by atoms with Crippen molar-refractivity contribution >= 4 is 0 Å². The molecule has 0 unspecified atom stereocenters. The Morgan fingerprint density at radius 2 is 1.90 bits per heavy atom. The summed E-state index contributed by atoms with van der Waals surface area (Å²) in [5.41, 5.74) is 5.35. The lowest BCUT2D eigenvalue weighted by Gasteiger charge is -1.93. The van der Waals surface area contributed by atoms with Gasteiger partial charge >= 0.3 is 0 Å². The molecule has 10 heavy (non-hydrogen) atoms. The molecule has 0 atom stereocenters. The van der Waals surface area contributed by atoms with Crippen molar-refractivity contribution in [2.75, 3.05) is 6.54 Å². The van der Waals surface area contributed by atoms with E-state index in [1.807, 2.05) is 0 Å². The largest absolute Gasteiger partial charge is 0.330 e. The summed E-state index contributed by atoms with van der Waals surface area (Å²) >= 11 is 0. The van der Waals surface area contributed by atoms with Crippen molar-refractivity contribution in [3.05, 3.63) is 12.2 Å². The summed E-state index contributed by atoms with van der Waals surface area (Å²) in [5, 5.41) is 0. The highest BCUT2D eigenvalue weighted by Gasteiger charge is 1.82. The van der Waals surface area contributed by atoms with Crippen LogP contribution in [-0.4, -0.2) is 6.54 Å². The van der Waals surface area contributed by atoms with Gasteiger partial charge in [0.15, 0.2) is 0 Å². The maximum absolute atomic E-state index is 5.35. The van der Waals surface area contributed by atoms with Crippen LogP contribution in [-0.2, 0) is 0 Å². The Balaban J connectivity index is 2.83. The zero-order valence-electron chi connectivity index (χ0n) is 6.97. The van der Waals surface area contributed by atoms with Gasteiger partial charge in [0.1, 0.15) is 0 Å². The SMILES string of the molecule is CC/C=C\CCCCCN. The van der Waals surface area contributed by atoms with E-state index < -0.39 is 0 Å². The third-order valence-corrected chi connectivity index (χ3v) is 1.48. The first-order chi connectivity index (χ1) is 4.91. The average molecular weight is 141 g/mol. The Labute approximate surface area is 64.3 Å². The van der Waals surface area contributed by atoms with E-state index >= 15 is 0 Å². The number of unbranched alkanes of at least 4 members (excludes halogenated alkanes) is 3. The topological polar surface area (TPSA) is 26.0 Å². The maximum Gasteiger partial charge on any atom is -0.00773 e. The van der Waals surface area contributed by atoms with Gasteiger partial charge in [0, 0.05) is 0 Å². The maximum atomic E-state index is 5.35. The van der Waals surface area contributed by atoms with Gasteiger partial charge in [0.25, 0.3) is 0 Å². The molecule has 0 heterocycles. The van der Waals surface area contributed by atoms with E-state index in [1.165, 1.54) is 25.7 Å². The van der Waals surface area contributed by atoms with E-state index in [0.29, 0.717) is 0 Å². The lowest BCUT2D eigenvalue weighted by atomic mass is 10.2. The van der Waals surface area contributed by atoms with Crippen LogP contribution in [0.1, 0.15) is 39.0 Å². The number of allylic oxidation sites excluding steroid dienone is 2. The predicted molar refractivity (Wildman–Crippen MR) is 47.0 cm³/mol. The fourth-order valence-electron chi connectivity index (χ4n) is 0.868. The molecule has 0 radical (unpaired) electrons. The summed E-state index contributed by atoms with van der Waals surface area (Å²) < 4.78 is 0. The van der Waals surface area contributed by atoms with Crippen molar-refractivity contribution in [1.82, 2.24) is 0 Å². The van der Waals surface area contributed by atoms with Gasteiger partial charge < -0.3 is 5.73 Å². The molecule has 0 aliphatic rings. The second kappa shape index (κ2) is 8.70. The molecule has 2 N–H and O–H groups in total. The molecule has 0 rings (SSSR count). The summed E-state index contributed by atoms with van der Waals surface area (Å²) in [6.45, 7) is 3.01. The minimum absolute atomic E-state index is 0.845. The molecule has 1 heteroatoms. The molecule has 0 saturated heterocycles. The van der Waals surface area contributed by atoms with Crippen molar-refractivity contribution in [2.45, 2.75) is 39.0 Å². The summed E-state index contributed by atoms with van der Waals surface area (Å²) in [6, 6.07) is 0. The first-order valence-electron chi connectivity index (χ1n) is 4.27. The molecule has 0 aliphatic heterocycles. The van der Waals surface area contributed by atoms with Crippen LogP contribution in [0.5, 0.6) is 0 Å². The highest BCUT2D eigenvalue weighted by atomic mass is 14.5. The van der Waals surface area contributed by atoms with Crippen molar-refractivity contribution in [1.29, 1.82) is 0 Å². The minimum atomic E-state index is 0.845. The van der Waals surface area contributed by atoms with Crippen molar-refractivity contribution < 1.29 is 0 Å². The third-order valence-electron chi connectivity index (χ3n) is 1.48. The second-order valence-corrected chi connectivity index (χ2v) is 2.52. The number of hydrogen-bond acceptors (Lipinski definition) is 1. The van der Waals surface area contributed by atoms with Gasteiger partial charge in [-0.05, 0) is 32.2 Å². The molecule has 0 aliphatic carbocycles. The molecule has 0 fully saturated rings. The normalized spacial score (nSPS) is 11.0. The van der Waals surface area contributed by atoms with Crippen molar-refractivity contribution in [3.63, 3.8) is 0 Å². The Morgan fingerprint density at radius 1 is 1.10 bits per heavy atom. The second-order valence-electron chi connectivity index (χ2n) is 2.52. The molecule has 0 aromatic carbocycles.